The van der Waals surface area contributed by atoms with Crippen LogP contribution in [0.5, 0.6) is 0 Å². The first-order valence-corrected chi connectivity index (χ1v) is 8.96. The second-order valence-corrected chi connectivity index (χ2v) is 6.64. The van der Waals surface area contributed by atoms with Gasteiger partial charge in [-0.3, -0.25) is 4.99 Å². The lowest BCUT2D eigenvalue weighted by molar-refractivity contribution is 0.0527. The van der Waals surface area contributed by atoms with Crippen molar-refractivity contribution in [2.75, 3.05) is 46.3 Å². The maximum atomic E-state index is 11.5. The standard InChI is InChI=1S/C17H37N5O2.HI/c1-7-13-22(8-2)14-12-20-15(18-6)19-10-9-11-21-16(23)24-17(3,4)5;/h7-14H2,1-6H3,(H,21,23)(H2,18,19,20);1H. The number of hydrogen-bond donors (Lipinski definition) is 3. The van der Waals surface area contributed by atoms with Gasteiger partial charge >= 0.3 is 6.09 Å². The third-order valence-corrected chi connectivity index (χ3v) is 3.25. The Hall–Kier alpha value is -0.770. The summed E-state index contributed by atoms with van der Waals surface area (Å²) in [5, 5.41) is 9.29. The van der Waals surface area contributed by atoms with Crippen molar-refractivity contribution in [3.8, 4) is 0 Å². The third kappa shape index (κ3) is 16.4. The summed E-state index contributed by atoms with van der Waals surface area (Å²) in [7, 11) is 1.76. The molecule has 8 heteroatoms. The van der Waals surface area contributed by atoms with Crippen molar-refractivity contribution in [2.45, 2.75) is 53.1 Å². The second kappa shape index (κ2) is 15.5. The summed E-state index contributed by atoms with van der Waals surface area (Å²) in [4.78, 5) is 18.1. The molecule has 0 rings (SSSR count). The highest BCUT2D eigenvalue weighted by atomic mass is 127. The SMILES string of the molecule is CCCN(CC)CCNC(=NC)NCCCNC(=O)OC(C)(C)C.I. The van der Waals surface area contributed by atoms with Crippen LogP contribution in [0.15, 0.2) is 4.99 Å². The van der Waals surface area contributed by atoms with Crippen molar-refractivity contribution >= 4 is 36.0 Å². The van der Waals surface area contributed by atoms with Crippen LogP contribution in [0.4, 0.5) is 4.79 Å². The maximum Gasteiger partial charge on any atom is 0.407 e. The summed E-state index contributed by atoms with van der Waals surface area (Å²) in [6, 6.07) is 0. The number of guanidine groups is 1. The molecule has 0 saturated carbocycles. The molecule has 0 unspecified atom stereocenters. The summed E-state index contributed by atoms with van der Waals surface area (Å²) in [5.41, 5.74) is -0.460. The molecule has 0 aromatic heterocycles. The molecular formula is C17H38IN5O2. The minimum Gasteiger partial charge on any atom is -0.444 e. The monoisotopic (exact) mass is 471 g/mol. The van der Waals surface area contributed by atoms with Crippen LogP contribution in [0.3, 0.4) is 0 Å². The lowest BCUT2D eigenvalue weighted by atomic mass is 10.2. The first-order valence-electron chi connectivity index (χ1n) is 8.96. The molecule has 0 fully saturated rings. The molecule has 3 N–H and O–H groups in total. The Morgan fingerprint density at radius 2 is 1.64 bits per heavy atom. The highest BCUT2D eigenvalue weighted by Crippen LogP contribution is 2.06. The van der Waals surface area contributed by atoms with Crippen LogP contribution in [-0.4, -0.2) is 68.9 Å². The van der Waals surface area contributed by atoms with E-state index in [9.17, 15) is 4.79 Å². The third-order valence-electron chi connectivity index (χ3n) is 3.25. The Bertz CT molecular complexity index is 373. The largest absolute Gasteiger partial charge is 0.444 e. The van der Waals surface area contributed by atoms with Crippen LogP contribution >= 0.6 is 24.0 Å². The number of amides is 1. The zero-order valence-electron chi connectivity index (χ0n) is 16.8. The van der Waals surface area contributed by atoms with E-state index in [0.29, 0.717) is 6.54 Å². The van der Waals surface area contributed by atoms with Crippen LogP contribution in [0.2, 0.25) is 0 Å². The van der Waals surface area contributed by atoms with Crippen molar-refractivity contribution in [3.63, 3.8) is 0 Å². The van der Waals surface area contributed by atoms with Crippen molar-refractivity contribution in [1.29, 1.82) is 0 Å². The van der Waals surface area contributed by atoms with E-state index in [2.05, 4.69) is 39.7 Å². The van der Waals surface area contributed by atoms with Gasteiger partial charge in [0.05, 0.1) is 0 Å². The molecule has 0 aromatic carbocycles. The molecule has 0 aromatic rings. The number of alkyl carbamates (subject to hydrolysis) is 1. The molecule has 0 aliphatic carbocycles. The smallest absolute Gasteiger partial charge is 0.407 e. The van der Waals surface area contributed by atoms with Crippen molar-refractivity contribution in [3.05, 3.63) is 0 Å². The lowest BCUT2D eigenvalue weighted by Gasteiger charge is -2.20. The summed E-state index contributed by atoms with van der Waals surface area (Å²) < 4.78 is 5.18. The summed E-state index contributed by atoms with van der Waals surface area (Å²) in [5.74, 6) is 0.791. The number of nitrogens with one attached hydrogen (secondary N) is 3. The molecule has 0 radical (unpaired) electrons. The Labute approximate surface area is 170 Å². The van der Waals surface area contributed by atoms with Crippen molar-refractivity contribution < 1.29 is 9.53 Å². The molecular weight excluding hydrogens is 433 g/mol. The van der Waals surface area contributed by atoms with Gasteiger partial charge in [0.25, 0.3) is 0 Å². The number of rotatable bonds is 10. The first kappa shape index (κ1) is 26.5. The number of carbonyl (C=O) groups is 1. The van der Waals surface area contributed by atoms with E-state index in [1.165, 1.54) is 6.42 Å². The minimum absolute atomic E-state index is 0. The number of hydrogen-bond acceptors (Lipinski definition) is 4. The van der Waals surface area contributed by atoms with E-state index in [4.69, 9.17) is 4.74 Å². The number of halogens is 1. The van der Waals surface area contributed by atoms with Gasteiger partial charge in [-0.25, -0.2) is 4.79 Å². The average Bonchev–Trinajstić information content (AvgIpc) is 2.50. The maximum absolute atomic E-state index is 11.5. The molecule has 0 bridgehead atoms. The van der Waals surface area contributed by atoms with Gasteiger partial charge in [-0.15, -0.1) is 24.0 Å². The van der Waals surface area contributed by atoms with Gasteiger partial charge in [-0.2, -0.15) is 0 Å². The van der Waals surface area contributed by atoms with E-state index in [-0.39, 0.29) is 30.1 Å². The van der Waals surface area contributed by atoms with Gasteiger partial charge < -0.3 is 25.6 Å². The highest BCUT2D eigenvalue weighted by molar-refractivity contribution is 14.0. The zero-order valence-corrected chi connectivity index (χ0v) is 19.1. The van der Waals surface area contributed by atoms with Gasteiger partial charge in [-0.1, -0.05) is 13.8 Å². The topological polar surface area (TPSA) is 78.0 Å². The van der Waals surface area contributed by atoms with E-state index in [1.807, 2.05) is 20.8 Å². The Balaban J connectivity index is 0. The van der Waals surface area contributed by atoms with Crippen LogP contribution in [0.1, 0.15) is 47.5 Å². The number of ether oxygens (including phenoxy) is 1. The molecule has 0 aliphatic rings. The number of nitrogens with zero attached hydrogens (tertiary/aromatic N) is 2. The van der Waals surface area contributed by atoms with E-state index in [1.54, 1.807) is 7.05 Å². The van der Waals surface area contributed by atoms with E-state index >= 15 is 0 Å². The van der Waals surface area contributed by atoms with Crippen LogP contribution in [0, 0.1) is 0 Å². The fourth-order valence-electron chi connectivity index (χ4n) is 2.10. The molecule has 1 amide bonds. The number of carbonyl (C=O) groups excluding carboxylic acids is 1. The molecule has 0 spiro atoms. The van der Waals surface area contributed by atoms with Crippen molar-refractivity contribution in [2.24, 2.45) is 4.99 Å². The fraction of sp³-hybridized carbons (Fsp3) is 0.882. The Kier molecular flexibility index (Phi) is 16.4. The minimum atomic E-state index is -0.460. The fourth-order valence-corrected chi connectivity index (χ4v) is 2.10. The van der Waals surface area contributed by atoms with E-state index < -0.39 is 5.60 Å². The van der Waals surface area contributed by atoms with Crippen LogP contribution in [-0.2, 0) is 4.74 Å². The van der Waals surface area contributed by atoms with Gasteiger partial charge in [0.2, 0.25) is 0 Å². The molecule has 7 nitrogen and oxygen atoms in total. The molecule has 0 heterocycles. The van der Waals surface area contributed by atoms with E-state index in [0.717, 1.165) is 45.1 Å². The molecule has 0 atom stereocenters. The summed E-state index contributed by atoms with van der Waals surface area (Å²) in [6.07, 6.45) is 1.60. The normalized spacial score (nSPS) is 11.7. The number of aliphatic imine (C=N–C) groups is 1. The molecule has 0 aliphatic heterocycles. The Morgan fingerprint density at radius 3 is 2.16 bits per heavy atom. The first-order chi connectivity index (χ1) is 11.3. The molecule has 0 saturated heterocycles. The van der Waals surface area contributed by atoms with Gasteiger partial charge in [0, 0.05) is 33.2 Å². The average molecular weight is 471 g/mol. The lowest BCUT2D eigenvalue weighted by Crippen LogP contribution is -2.42. The second-order valence-electron chi connectivity index (χ2n) is 6.64. The van der Waals surface area contributed by atoms with Gasteiger partial charge in [0.1, 0.15) is 5.60 Å². The van der Waals surface area contributed by atoms with Crippen molar-refractivity contribution in [1.82, 2.24) is 20.9 Å². The quantitative estimate of drug-likeness (QED) is 0.198. The van der Waals surface area contributed by atoms with Crippen LogP contribution in [0.25, 0.3) is 0 Å². The predicted molar refractivity (Wildman–Crippen MR) is 116 cm³/mol. The van der Waals surface area contributed by atoms with Gasteiger partial charge in [0.15, 0.2) is 5.96 Å². The van der Waals surface area contributed by atoms with Gasteiger partial charge in [-0.05, 0) is 46.7 Å². The predicted octanol–water partition coefficient (Wildman–Crippen LogP) is 2.42. The highest BCUT2D eigenvalue weighted by Gasteiger charge is 2.15. The zero-order chi connectivity index (χ0) is 18.4. The molecule has 150 valence electrons. The Morgan fingerprint density at radius 1 is 1.04 bits per heavy atom. The summed E-state index contributed by atoms with van der Waals surface area (Å²) in [6.45, 7) is 15.3. The summed E-state index contributed by atoms with van der Waals surface area (Å²) >= 11 is 0. The number of likely N-dealkylation sites (N-methyl/N-ethyl adjacent to an activating group) is 1. The van der Waals surface area contributed by atoms with Crippen LogP contribution < -0.4 is 16.0 Å². The molecule has 25 heavy (non-hydrogen) atoms.